The number of hydrogen-bond acceptors (Lipinski definition) is 6. The number of carbonyl (C=O) groups excluding carboxylic acids is 2. The number of carbonyl (C=O) groups is 2. The zero-order chi connectivity index (χ0) is 24.5. The molecule has 3 aromatic carbocycles. The lowest BCUT2D eigenvalue weighted by molar-refractivity contribution is -0.140. The maximum absolute atomic E-state index is 13.1. The fourth-order valence-electron chi connectivity index (χ4n) is 4.13. The molecule has 0 radical (unpaired) electrons. The molecule has 2 aromatic heterocycles. The normalized spacial score (nSPS) is 11.7. The van der Waals surface area contributed by atoms with Crippen molar-refractivity contribution in [3.8, 4) is 11.4 Å². The van der Waals surface area contributed by atoms with Crippen LogP contribution in [0.3, 0.4) is 0 Å². The number of ether oxygens (including phenoxy) is 1. The fraction of sp³-hybridized carbons (Fsp3) is 0.107. The molecule has 6 nitrogen and oxygen atoms in total. The topological polar surface area (TPSA) is 69.9 Å². The van der Waals surface area contributed by atoms with Gasteiger partial charge in [-0.05, 0) is 78.5 Å². The lowest BCUT2D eigenvalue weighted by atomic mass is 10.0. The number of oxime groups is 1. The average molecular weight is 483 g/mol. The second kappa shape index (κ2) is 9.19. The molecule has 0 aliphatic heterocycles. The first kappa shape index (κ1) is 22.6. The van der Waals surface area contributed by atoms with Gasteiger partial charge in [-0.15, -0.1) is 11.3 Å². The van der Waals surface area contributed by atoms with E-state index in [2.05, 4.69) is 9.72 Å². The molecule has 7 heteroatoms. The van der Waals surface area contributed by atoms with Crippen LogP contribution in [0.15, 0.2) is 83.3 Å². The van der Waals surface area contributed by atoms with Gasteiger partial charge in [0.1, 0.15) is 5.75 Å². The largest absolute Gasteiger partial charge is 0.497 e. The third-order valence-corrected chi connectivity index (χ3v) is 6.70. The fourth-order valence-corrected chi connectivity index (χ4v) is 4.82. The van der Waals surface area contributed by atoms with Gasteiger partial charge in [0.25, 0.3) is 0 Å². The van der Waals surface area contributed by atoms with Crippen LogP contribution >= 0.6 is 11.3 Å². The van der Waals surface area contributed by atoms with Crippen LogP contribution in [0.1, 0.15) is 34.6 Å². The SMILES string of the molecule is COc1ccc(-n2c3ccc(C(=O)c4cccs4)cc3c3cc(C(C)=NOC(C)=O)ccc32)cc1. The van der Waals surface area contributed by atoms with Crippen LogP contribution in [0.4, 0.5) is 0 Å². The molecule has 0 N–H and O–H groups in total. The quantitative estimate of drug-likeness (QED) is 0.122. The summed E-state index contributed by atoms with van der Waals surface area (Å²) in [6.07, 6.45) is 0. The highest BCUT2D eigenvalue weighted by molar-refractivity contribution is 7.12. The van der Waals surface area contributed by atoms with Gasteiger partial charge in [-0.1, -0.05) is 17.3 Å². The van der Waals surface area contributed by atoms with Gasteiger partial charge in [-0.2, -0.15) is 0 Å². The lowest BCUT2D eigenvalue weighted by Gasteiger charge is -2.09. The number of ketones is 1. The molecular weight excluding hydrogens is 460 g/mol. The monoisotopic (exact) mass is 482 g/mol. The number of thiophene rings is 1. The highest BCUT2D eigenvalue weighted by atomic mass is 32.1. The number of hydrogen-bond donors (Lipinski definition) is 0. The van der Waals surface area contributed by atoms with Crippen LogP contribution in [0.2, 0.25) is 0 Å². The number of aromatic nitrogens is 1. The molecule has 174 valence electrons. The summed E-state index contributed by atoms with van der Waals surface area (Å²) >= 11 is 1.43. The Kier molecular flexibility index (Phi) is 5.93. The molecule has 0 unspecified atom stereocenters. The third kappa shape index (κ3) is 4.22. The number of rotatable bonds is 6. The van der Waals surface area contributed by atoms with Crippen molar-refractivity contribution in [1.82, 2.24) is 4.57 Å². The van der Waals surface area contributed by atoms with Gasteiger partial charge in [-0.3, -0.25) is 4.79 Å². The molecule has 0 aliphatic rings. The Morgan fingerprint density at radius 1 is 0.857 bits per heavy atom. The second-order valence-electron chi connectivity index (χ2n) is 8.06. The van der Waals surface area contributed by atoms with Gasteiger partial charge in [0.05, 0.1) is 28.7 Å². The minimum atomic E-state index is -0.474. The molecule has 0 spiro atoms. The summed E-state index contributed by atoms with van der Waals surface area (Å²) < 4.78 is 7.48. The van der Waals surface area contributed by atoms with Crippen molar-refractivity contribution < 1.29 is 19.2 Å². The minimum Gasteiger partial charge on any atom is -0.497 e. The lowest BCUT2D eigenvalue weighted by Crippen LogP contribution is -1.99. The van der Waals surface area contributed by atoms with Gasteiger partial charge < -0.3 is 14.1 Å². The van der Waals surface area contributed by atoms with Crippen molar-refractivity contribution in [2.45, 2.75) is 13.8 Å². The van der Waals surface area contributed by atoms with E-state index in [9.17, 15) is 9.59 Å². The average Bonchev–Trinajstić information content (AvgIpc) is 3.53. The van der Waals surface area contributed by atoms with E-state index >= 15 is 0 Å². The van der Waals surface area contributed by atoms with Gasteiger partial charge >= 0.3 is 5.97 Å². The van der Waals surface area contributed by atoms with E-state index in [1.54, 1.807) is 14.0 Å². The summed E-state index contributed by atoms with van der Waals surface area (Å²) in [7, 11) is 1.64. The van der Waals surface area contributed by atoms with E-state index in [4.69, 9.17) is 9.57 Å². The Balaban J connectivity index is 1.74. The van der Waals surface area contributed by atoms with E-state index in [-0.39, 0.29) is 5.78 Å². The van der Waals surface area contributed by atoms with Gasteiger partial charge in [0.2, 0.25) is 5.78 Å². The molecule has 0 atom stereocenters. The first-order valence-corrected chi connectivity index (χ1v) is 11.9. The molecule has 5 aromatic rings. The van der Waals surface area contributed by atoms with Crippen LogP contribution < -0.4 is 4.74 Å². The van der Waals surface area contributed by atoms with E-state index in [1.165, 1.54) is 18.3 Å². The van der Waals surface area contributed by atoms with Crippen molar-refractivity contribution in [3.63, 3.8) is 0 Å². The molecule has 0 saturated heterocycles. The van der Waals surface area contributed by atoms with Crippen LogP contribution in [0.25, 0.3) is 27.5 Å². The molecule has 0 fully saturated rings. The molecular formula is C28H22N2O4S. The van der Waals surface area contributed by atoms with Crippen LogP contribution in [-0.2, 0) is 9.63 Å². The highest BCUT2D eigenvalue weighted by Crippen LogP contribution is 2.34. The van der Waals surface area contributed by atoms with Gasteiger partial charge in [0, 0.05) is 28.9 Å². The van der Waals surface area contributed by atoms with Crippen molar-refractivity contribution >= 4 is 50.6 Å². The summed E-state index contributed by atoms with van der Waals surface area (Å²) in [6, 6.07) is 23.3. The summed E-state index contributed by atoms with van der Waals surface area (Å²) in [5.74, 6) is 0.298. The number of benzene rings is 3. The Morgan fingerprint density at radius 3 is 2.11 bits per heavy atom. The molecule has 35 heavy (non-hydrogen) atoms. The summed E-state index contributed by atoms with van der Waals surface area (Å²) in [4.78, 5) is 29.8. The van der Waals surface area contributed by atoms with Gasteiger partial charge in [-0.25, -0.2) is 4.79 Å². The van der Waals surface area contributed by atoms with E-state index < -0.39 is 5.97 Å². The molecule has 5 rings (SSSR count). The Morgan fingerprint density at radius 2 is 1.51 bits per heavy atom. The summed E-state index contributed by atoms with van der Waals surface area (Å²) in [5, 5.41) is 7.75. The van der Waals surface area contributed by atoms with Crippen molar-refractivity contribution in [1.29, 1.82) is 0 Å². The van der Waals surface area contributed by atoms with E-state index in [1.807, 2.05) is 78.2 Å². The van der Waals surface area contributed by atoms with Crippen LogP contribution in [-0.4, -0.2) is 29.1 Å². The number of methoxy groups -OCH3 is 1. The smallest absolute Gasteiger partial charge is 0.331 e. The Hall–Kier alpha value is -4.23. The molecule has 2 heterocycles. The molecule has 0 saturated carbocycles. The van der Waals surface area contributed by atoms with Crippen molar-refractivity contribution in [2.75, 3.05) is 7.11 Å². The standard InChI is InChI=1S/C28H22N2O4S/c1-17(29-34-18(2)31)19-6-12-25-23(15-19)24-16-20(28(32)27-5-4-14-35-27)7-13-26(24)30(25)21-8-10-22(33-3)11-9-21/h4-16H,1-3H3. The first-order valence-electron chi connectivity index (χ1n) is 11.0. The Labute approximate surface area is 206 Å². The summed E-state index contributed by atoms with van der Waals surface area (Å²) in [6.45, 7) is 3.10. The van der Waals surface area contributed by atoms with Gasteiger partial charge in [0.15, 0.2) is 0 Å². The van der Waals surface area contributed by atoms with E-state index in [0.29, 0.717) is 16.2 Å². The zero-order valence-corrected chi connectivity index (χ0v) is 20.3. The maximum Gasteiger partial charge on any atom is 0.331 e. The third-order valence-electron chi connectivity index (χ3n) is 5.83. The van der Waals surface area contributed by atoms with Crippen molar-refractivity contribution in [2.24, 2.45) is 5.16 Å². The molecule has 0 amide bonds. The predicted molar refractivity (Wildman–Crippen MR) is 139 cm³/mol. The maximum atomic E-state index is 13.1. The van der Waals surface area contributed by atoms with E-state index in [0.717, 1.165) is 38.8 Å². The number of fused-ring (bicyclic) bond motifs is 3. The predicted octanol–water partition coefficient (Wildman–Crippen LogP) is 6.37. The van der Waals surface area contributed by atoms with Crippen LogP contribution in [0, 0.1) is 0 Å². The molecule has 0 bridgehead atoms. The first-order chi connectivity index (χ1) is 17.0. The zero-order valence-electron chi connectivity index (χ0n) is 19.4. The minimum absolute atomic E-state index is 0.00370. The van der Waals surface area contributed by atoms with Crippen LogP contribution in [0.5, 0.6) is 5.75 Å². The molecule has 0 aliphatic carbocycles. The summed E-state index contributed by atoms with van der Waals surface area (Å²) in [5.41, 5.74) is 4.96. The second-order valence-corrected chi connectivity index (χ2v) is 9.01. The van der Waals surface area contributed by atoms with Crippen molar-refractivity contribution in [3.05, 3.63) is 94.2 Å². The number of nitrogens with zero attached hydrogens (tertiary/aromatic N) is 2. The highest BCUT2D eigenvalue weighted by Gasteiger charge is 2.17. The Bertz CT molecular complexity index is 1600.